The molecule has 0 rings (SSSR count). The number of esters is 2. The van der Waals surface area contributed by atoms with Crippen molar-refractivity contribution in [1.29, 1.82) is 0 Å². The Morgan fingerprint density at radius 3 is 1.33 bits per heavy atom. The molecule has 13 nitrogen and oxygen atoms in total. The second-order valence-corrected chi connectivity index (χ2v) is 17.6. The Hall–Kier alpha value is -1.96. The summed E-state index contributed by atoms with van der Waals surface area (Å²) in [6.07, 6.45) is 29.1. The lowest BCUT2D eigenvalue weighted by atomic mass is 10.0. The summed E-state index contributed by atoms with van der Waals surface area (Å²) >= 11 is 0. The van der Waals surface area contributed by atoms with Gasteiger partial charge in [0.2, 0.25) is 0 Å². The summed E-state index contributed by atoms with van der Waals surface area (Å²) < 4.78 is 33.1. The average Bonchev–Trinajstić information content (AvgIpc) is 3.22. The van der Waals surface area contributed by atoms with E-state index in [1.54, 1.807) is 0 Å². The fraction of sp³-hybridized carbons (Fsp3) is 0.848. The topological polar surface area (TPSA) is 206 Å². The molecule has 0 amide bonds. The van der Waals surface area contributed by atoms with Crippen molar-refractivity contribution in [1.82, 2.24) is 0 Å². The van der Waals surface area contributed by atoms with Crippen molar-refractivity contribution in [3.8, 4) is 0 Å². The van der Waals surface area contributed by atoms with E-state index in [0.29, 0.717) is 12.8 Å². The highest BCUT2D eigenvalue weighted by Gasteiger charge is 2.35. The first-order valence-electron chi connectivity index (χ1n) is 23.3. The van der Waals surface area contributed by atoms with Gasteiger partial charge in [0.05, 0.1) is 13.2 Å². The van der Waals surface area contributed by atoms with Gasteiger partial charge in [0.25, 0.3) is 0 Å². The molecule has 14 heteroatoms. The SMILES string of the molecule is CCCCCCCC/C=C\CCCCCCCC(=O)OCC(COP(=O)(O)OCC(O)C(O)C(O)C(O)C(C)=O)OC(=O)CCCCCCC/C=C\CCCCCCCC. The van der Waals surface area contributed by atoms with Gasteiger partial charge in [-0.15, -0.1) is 0 Å². The van der Waals surface area contributed by atoms with Gasteiger partial charge in [-0.1, -0.05) is 141 Å². The van der Waals surface area contributed by atoms with E-state index in [1.807, 2.05) is 0 Å². The minimum absolute atomic E-state index is 0.101. The van der Waals surface area contributed by atoms with Crippen molar-refractivity contribution in [2.75, 3.05) is 19.8 Å². The summed E-state index contributed by atoms with van der Waals surface area (Å²) in [6.45, 7) is 3.31. The molecule has 60 heavy (non-hydrogen) atoms. The van der Waals surface area contributed by atoms with Gasteiger partial charge >= 0.3 is 19.8 Å². The molecule has 352 valence electrons. The maximum atomic E-state index is 12.7. The van der Waals surface area contributed by atoms with Crippen LogP contribution in [0.5, 0.6) is 0 Å². The second kappa shape index (κ2) is 39.9. The number of phosphoric acid groups is 1. The van der Waals surface area contributed by atoms with Crippen LogP contribution in [0, 0.1) is 0 Å². The second-order valence-electron chi connectivity index (χ2n) is 16.1. The lowest BCUT2D eigenvalue weighted by Crippen LogP contribution is -2.48. The lowest BCUT2D eigenvalue weighted by molar-refractivity contribution is -0.161. The number of hydrogen-bond acceptors (Lipinski definition) is 12. The molecule has 0 fully saturated rings. The standard InChI is InChI=1S/C46H85O13P/c1-4-6-8-10-12-14-16-18-20-22-24-26-28-30-32-34-42(49)56-36-40(37-57-60(54,55)58-38-41(48)45(52)46(53)44(51)39(3)47)59-43(50)35-33-31-29-27-25-23-21-19-17-15-13-11-9-7-5-2/h18-21,40-41,44-46,48,51-53H,4-17,22-38H2,1-3H3,(H,54,55)/b20-18-,21-19-. The molecular formula is C46H85O13P. The molecule has 5 N–H and O–H groups in total. The van der Waals surface area contributed by atoms with E-state index in [0.717, 1.165) is 84.0 Å². The Morgan fingerprint density at radius 2 is 0.900 bits per heavy atom. The predicted octanol–water partition coefficient (Wildman–Crippen LogP) is 9.68. The van der Waals surface area contributed by atoms with Crippen molar-refractivity contribution < 1.29 is 62.8 Å². The van der Waals surface area contributed by atoms with E-state index in [1.165, 1.54) is 77.0 Å². The number of Topliss-reactive ketones (excluding diaryl/α,β-unsaturated/α-hetero) is 1. The molecule has 0 radical (unpaired) electrons. The molecular weight excluding hydrogens is 791 g/mol. The van der Waals surface area contributed by atoms with Crippen LogP contribution >= 0.6 is 7.82 Å². The van der Waals surface area contributed by atoms with Gasteiger partial charge in [0.15, 0.2) is 11.9 Å². The van der Waals surface area contributed by atoms with Gasteiger partial charge in [-0.25, -0.2) is 4.57 Å². The third-order valence-corrected chi connectivity index (χ3v) is 11.3. The summed E-state index contributed by atoms with van der Waals surface area (Å²) in [6, 6.07) is 0. The van der Waals surface area contributed by atoms with E-state index < -0.39 is 75.9 Å². The first kappa shape index (κ1) is 58.0. The number of carbonyl (C=O) groups is 3. The number of ether oxygens (including phenoxy) is 2. The van der Waals surface area contributed by atoms with Crippen LogP contribution in [0.3, 0.4) is 0 Å². The van der Waals surface area contributed by atoms with Gasteiger partial charge in [-0.3, -0.25) is 23.4 Å². The van der Waals surface area contributed by atoms with Gasteiger partial charge in [-0.05, 0) is 71.1 Å². The summed E-state index contributed by atoms with van der Waals surface area (Å²) in [5.74, 6) is -1.95. The van der Waals surface area contributed by atoms with Crippen LogP contribution < -0.4 is 0 Å². The zero-order chi connectivity index (χ0) is 44.7. The Labute approximate surface area is 362 Å². The quantitative estimate of drug-likeness (QED) is 0.0168. The monoisotopic (exact) mass is 877 g/mol. The van der Waals surface area contributed by atoms with Crippen LogP contribution in [0.2, 0.25) is 0 Å². The number of hydrogen-bond donors (Lipinski definition) is 5. The van der Waals surface area contributed by atoms with Crippen molar-refractivity contribution in [2.24, 2.45) is 0 Å². The summed E-state index contributed by atoms with van der Waals surface area (Å²) in [5, 5.41) is 39.6. The van der Waals surface area contributed by atoms with Crippen LogP contribution in [0.15, 0.2) is 24.3 Å². The molecule has 0 aromatic heterocycles. The molecule has 0 aromatic carbocycles. The molecule has 0 aliphatic heterocycles. The number of phosphoric ester groups is 1. The molecule has 0 bridgehead atoms. The van der Waals surface area contributed by atoms with Crippen LogP contribution in [-0.2, 0) is 37.5 Å². The molecule has 0 aromatic rings. The van der Waals surface area contributed by atoms with Crippen molar-refractivity contribution in [3.63, 3.8) is 0 Å². The van der Waals surface area contributed by atoms with E-state index >= 15 is 0 Å². The highest BCUT2D eigenvalue weighted by molar-refractivity contribution is 7.47. The lowest BCUT2D eigenvalue weighted by Gasteiger charge is -2.26. The first-order chi connectivity index (χ1) is 28.8. The third-order valence-electron chi connectivity index (χ3n) is 10.3. The van der Waals surface area contributed by atoms with Crippen molar-refractivity contribution in [3.05, 3.63) is 24.3 Å². The highest BCUT2D eigenvalue weighted by atomic mass is 31.2. The molecule has 0 aliphatic carbocycles. The Bertz CT molecular complexity index is 1160. The molecule has 6 unspecified atom stereocenters. The number of aliphatic hydroxyl groups excluding tert-OH is 4. The van der Waals surface area contributed by atoms with E-state index in [9.17, 15) is 44.3 Å². The molecule has 0 heterocycles. The molecule has 6 atom stereocenters. The molecule has 0 saturated carbocycles. The zero-order valence-corrected chi connectivity index (χ0v) is 38.5. The molecule has 0 aliphatic rings. The number of carbonyl (C=O) groups excluding carboxylic acids is 3. The minimum Gasteiger partial charge on any atom is -0.462 e. The van der Waals surface area contributed by atoms with Crippen LogP contribution in [0.1, 0.15) is 201 Å². The van der Waals surface area contributed by atoms with E-state index in [2.05, 4.69) is 38.2 Å². The first-order valence-corrected chi connectivity index (χ1v) is 24.8. The average molecular weight is 877 g/mol. The molecule has 0 spiro atoms. The van der Waals surface area contributed by atoms with Crippen molar-refractivity contribution in [2.45, 2.75) is 231 Å². The summed E-state index contributed by atoms with van der Waals surface area (Å²) in [7, 11) is -4.93. The maximum absolute atomic E-state index is 12.7. The predicted molar refractivity (Wildman–Crippen MR) is 236 cm³/mol. The Balaban J connectivity index is 4.71. The van der Waals surface area contributed by atoms with Gasteiger partial charge in [0.1, 0.15) is 31.0 Å². The van der Waals surface area contributed by atoms with Crippen LogP contribution in [-0.4, -0.2) is 93.4 Å². The normalized spacial score (nSPS) is 15.5. The number of rotatable bonds is 43. The fourth-order valence-corrected chi connectivity index (χ4v) is 7.21. The summed E-state index contributed by atoms with van der Waals surface area (Å²) in [5.41, 5.74) is 0. The summed E-state index contributed by atoms with van der Waals surface area (Å²) in [4.78, 5) is 46.7. The van der Waals surface area contributed by atoms with Gasteiger partial charge < -0.3 is 34.8 Å². The van der Waals surface area contributed by atoms with Crippen LogP contribution in [0.25, 0.3) is 0 Å². The highest BCUT2D eigenvalue weighted by Crippen LogP contribution is 2.43. The number of ketones is 1. The zero-order valence-electron chi connectivity index (χ0n) is 37.6. The Morgan fingerprint density at radius 1 is 0.517 bits per heavy atom. The smallest absolute Gasteiger partial charge is 0.462 e. The van der Waals surface area contributed by atoms with Gasteiger partial charge in [-0.2, -0.15) is 0 Å². The molecule has 0 saturated heterocycles. The third kappa shape index (κ3) is 35.6. The number of aliphatic hydroxyl groups is 4. The van der Waals surface area contributed by atoms with Crippen molar-refractivity contribution >= 4 is 25.5 Å². The Kier molecular flexibility index (Phi) is 38.6. The van der Waals surface area contributed by atoms with Crippen LogP contribution in [0.4, 0.5) is 0 Å². The van der Waals surface area contributed by atoms with E-state index in [-0.39, 0.29) is 12.8 Å². The number of allylic oxidation sites excluding steroid dienone is 4. The maximum Gasteiger partial charge on any atom is 0.472 e. The fourth-order valence-electron chi connectivity index (χ4n) is 6.44. The number of unbranched alkanes of at least 4 members (excludes halogenated alkanes) is 22. The minimum atomic E-state index is -4.93. The van der Waals surface area contributed by atoms with E-state index in [4.69, 9.17) is 18.5 Å². The van der Waals surface area contributed by atoms with Gasteiger partial charge in [0, 0.05) is 12.8 Å². The largest absolute Gasteiger partial charge is 0.472 e.